The van der Waals surface area contributed by atoms with E-state index in [0.29, 0.717) is 44.0 Å². The van der Waals surface area contributed by atoms with Crippen molar-refractivity contribution in [3.8, 4) is 0 Å². The first-order valence-electron chi connectivity index (χ1n) is 10.8. The second-order valence-electron chi connectivity index (χ2n) is 8.23. The number of carbonyl (C=O) groups is 2. The first-order valence-corrected chi connectivity index (χ1v) is 13.4. The van der Waals surface area contributed by atoms with E-state index in [0.717, 1.165) is 4.90 Å². The molecule has 2 aromatic rings. The minimum atomic E-state index is -3.70. The fourth-order valence-electron chi connectivity index (χ4n) is 4.03. The average molecular weight is 492 g/mol. The van der Waals surface area contributed by atoms with Crippen molar-refractivity contribution in [3.63, 3.8) is 0 Å². The number of anilines is 2. The summed E-state index contributed by atoms with van der Waals surface area (Å²) >= 11 is 1.53. The second-order valence-corrected chi connectivity index (χ2v) is 11.8. The van der Waals surface area contributed by atoms with E-state index >= 15 is 0 Å². The van der Waals surface area contributed by atoms with Crippen molar-refractivity contribution >= 4 is 44.8 Å². The topological polar surface area (TPSA) is 86.8 Å². The van der Waals surface area contributed by atoms with E-state index in [2.05, 4.69) is 5.32 Å². The van der Waals surface area contributed by atoms with Crippen LogP contribution in [0.5, 0.6) is 0 Å². The van der Waals surface area contributed by atoms with E-state index in [1.807, 2.05) is 11.8 Å². The Bertz CT molecular complexity index is 1160. The third kappa shape index (κ3) is 5.50. The van der Waals surface area contributed by atoms with Crippen LogP contribution in [-0.4, -0.2) is 62.3 Å². The fraction of sp³-hybridized carbons (Fsp3) is 0.391. The number of amides is 2. The lowest BCUT2D eigenvalue weighted by Gasteiger charge is -2.36. The third-order valence-corrected chi connectivity index (χ3v) is 8.69. The number of para-hydroxylation sites is 1. The van der Waals surface area contributed by atoms with Gasteiger partial charge in [-0.2, -0.15) is 0 Å². The summed E-state index contributed by atoms with van der Waals surface area (Å²) < 4.78 is 39.7. The van der Waals surface area contributed by atoms with Gasteiger partial charge < -0.3 is 15.1 Å². The Morgan fingerprint density at radius 2 is 1.88 bits per heavy atom. The zero-order valence-electron chi connectivity index (χ0n) is 18.3. The van der Waals surface area contributed by atoms with Crippen molar-refractivity contribution in [1.82, 2.24) is 4.90 Å². The Labute approximate surface area is 197 Å². The standard InChI is InChI=1S/C23H26FN3O4S2/c1-16-14-22(28)25-19-15-17(6-7-21(19)32-16)33(30,31)13-8-23(29)27-11-9-26(10-12-27)20-5-3-2-4-18(20)24/h2-7,15-16H,8-14H2,1H3,(H,25,28)/t16-/m0/s1. The van der Waals surface area contributed by atoms with Gasteiger partial charge in [-0.15, -0.1) is 11.8 Å². The first-order chi connectivity index (χ1) is 15.7. The molecular formula is C23H26FN3O4S2. The molecule has 0 aromatic heterocycles. The van der Waals surface area contributed by atoms with Gasteiger partial charge >= 0.3 is 0 Å². The number of hydrogen-bond acceptors (Lipinski definition) is 6. The molecule has 2 aliphatic rings. The van der Waals surface area contributed by atoms with Crippen molar-refractivity contribution in [2.75, 3.05) is 42.1 Å². The number of fused-ring (bicyclic) bond motifs is 1. The van der Waals surface area contributed by atoms with Crippen molar-refractivity contribution in [2.45, 2.75) is 34.8 Å². The molecule has 0 bridgehead atoms. The molecule has 0 radical (unpaired) electrons. The van der Waals surface area contributed by atoms with Crippen molar-refractivity contribution in [2.24, 2.45) is 0 Å². The van der Waals surface area contributed by atoms with E-state index in [-0.39, 0.29) is 40.0 Å². The smallest absolute Gasteiger partial charge is 0.225 e. The highest BCUT2D eigenvalue weighted by atomic mass is 32.2. The fourth-order valence-corrected chi connectivity index (χ4v) is 6.33. The summed E-state index contributed by atoms with van der Waals surface area (Å²) in [6, 6.07) is 11.2. The molecule has 1 fully saturated rings. The maximum absolute atomic E-state index is 14.0. The van der Waals surface area contributed by atoms with Crippen molar-refractivity contribution in [3.05, 3.63) is 48.3 Å². The predicted molar refractivity (Wildman–Crippen MR) is 127 cm³/mol. The van der Waals surface area contributed by atoms with E-state index in [4.69, 9.17) is 0 Å². The molecular weight excluding hydrogens is 465 g/mol. The van der Waals surface area contributed by atoms with Gasteiger partial charge in [-0.3, -0.25) is 9.59 Å². The normalized spacial score (nSPS) is 19.0. The predicted octanol–water partition coefficient (Wildman–Crippen LogP) is 3.16. The highest BCUT2D eigenvalue weighted by Gasteiger charge is 2.26. The monoisotopic (exact) mass is 491 g/mol. The summed E-state index contributed by atoms with van der Waals surface area (Å²) in [7, 11) is -3.70. The Kier molecular flexibility index (Phi) is 6.94. The highest BCUT2D eigenvalue weighted by Crippen LogP contribution is 2.36. The number of piperazine rings is 1. The zero-order chi connectivity index (χ0) is 23.6. The molecule has 2 heterocycles. The molecule has 0 spiro atoms. The molecule has 0 saturated carbocycles. The Morgan fingerprint density at radius 3 is 2.61 bits per heavy atom. The molecule has 10 heteroatoms. The number of benzene rings is 2. The van der Waals surface area contributed by atoms with Crippen LogP contribution in [0.4, 0.5) is 15.8 Å². The highest BCUT2D eigenvalue weighted by molar-refractivity contribution is 8.00. The molecule has 1 atom stereocenters. The second kappa shape index (κ2) is 9.72. The molecule has 1 saturated heterocycles. The van der Waals surface area contributed by atoms with Crippen LogP contribution in [0.25, 0.3) is 0 Å². The molecule has 4 rings (SSSR count). The van der Waals surface area contributed by atoms with E-state index in [9.17, 15) is 22.4 Å². The minimum Gasteiger partial charge on any atom is -0.366 e. The molecule has 7 nitrogen and oxygen atoms in total. The van der Waals surface area contributed by atoms with Gasteiger partial charge in [-0.1, -0.05) is 19.1 Å². The molecule has 2 aliphatic heterocycles. The number of nitrogens with one attached hydrogen (secondary N) is 1. The molecule has 0 unspecified atom stereocenters. The summed E-state index contributed by atoms with van der Waals surface area (Å²) in [5.41, 5.74) is 1.00. The molecule has 2 aromatic carbocycles. The lowest BCUT2D eigenvalue weighted by atomic mass is 10.2. The van der Waals surface area contributed by atoms with E-state index in [1.54, 1.807) is 29.2 Å². The lowest BCUT2D eigenvalue weighted by molar-refractivity contribution is -0.131. The van der Waals surface area contributed by atoms with Crippen molar-refractivity contribution < 1.29 is 22.4 Å². The Hall–Kier alpha value is -2.59. The van der Waals surface area contributed by atoms with Crippen LogP contribution < -0.4 is 10.2 Å². The number of rotatable bonds is 5. The number of carbonyl (C=O) groups excluding carboxylic acids is 2. The maximum Gasteiger partial charge on any atom is 0.225 e. The average Bonchev–Trinajstić information content (AvgIpc) is 2.93. The number of nitrogens with zero attached hydrogens (tertiary/aromatic N) is 2. The summed E-state index contributed by atoms with van der Waals surface area (Å²) in [6.07, 6.45) is 0.234. The quantitative estimate of drug-likeness (QED) is 0.692. The van der Waals surface area contributed by atoms with Gasteiger partial charge in [0.2, 0.25) is 11.8 Å². The number of halogens is 1. The number of hydrogen-bond donors (Lipinski definition) is 1. The first kappa shape index (κ1) is 23.6. The van der Waals surface area contributed by atoms with Gasteiger partial charge in [-0.25, -0.2) is 12.8 Å². The lowest BCUT2D eigenvalue weighted by Crippen LogP contribution is -2.49. The van der Waals surface area contributed by atoms with Crippen LogP contribution in [0.2, 0.25) is 0 Å². The summed E-state index contributed by atoms with van der Waals surface area (Å²) in [4.78, 5) is 29.1. The summed E-state index contributed by atoms with van der Waals surface area (Å²) in [6.45, 7) is 3.74. The van der Waals surface area contributed by atoms with Gasteiger partial charge in [-0.05, 0) is 30.3 Å². The van der Waals surface area contributed by atoms with Crippen LogP contribution in [0.15, 0.2) is 52.3 Å². The SMILES string of the molecule is C[C@H]1CC(=O)Nc2cc(S(=O)(=O)CCC(=O)N3CCN(c4ccccc4F)CC3)ccc2S1. The van der Waals surface area contributed by atoms with Gasteiger partial charge in [0.15, 0.2) is 9.84 Å². The van der Waals surface area contributed by atoms with Crippen LogP contribution >= 0.6 is 11.8 Å². The molecule has 1 N–H and O–H groups in total. The summed E-state index contributed by atoms with van der Waals surface area (Å²) in [5.74, 6) is -0.990. The number of sulfone groups is 1. The van der Waals surface area contributed by atoms with Crippen LogP contribution in [0.3, 0.4) is 0 Å². The molecule has 176 valence electrons. The number of thioether (sulfide) groups is 1. The maximum atomic E-state index is 14.0. The van der Waals surface area contributed by atoms with Gasteiger partial charge in [0.25, 0.3) is 0 Å². The van der Waals surface area contributed by atoms with Crippen LogP contribution in [0.1, 0.15) is 19.8 Å². The summed E-state index contributed by atoms with van der Waals surface area (Å²) in [5, 5.41) is 2.87. The molecule has 2 amide bonds. The van der Waals surface area contributed by atoms with Crippen molar-refractivity contribution in [1.29, 1.82) is 0 Å². The van der Waals surface area contributed by atoms with Gasteiger partial charge in [0.1, 0.15) is 5.82 Å². The largest absolute Gasteiger partial charge is 0.366 e. The molecule has 33 heavy (non-hydrogen) atoms. The molecule has 0 aliphatic carbocycles. The third-order valence-electron chi connectivity index (χ3n) is 5.80. The Morgan fingerprint density at radius 1 is 1.15 bits per heavy atom. The van der Waals surface area contributed by atoms with E-state index in [1.165, 1.54) is 30.0 Å². The van der Waals surface area contributed by atoms with Crippen LogP contribution in [-0.2, 0) is 19.4 Å². The van der Waals surface area contributed by atoms with Crippen LogP contribution in [0, 0.1) is 5.82 Å². The van der Waals surface area contributed by atoms with E-state index < -0.39 is 9.84 Å². The van der Waals surface area contributed by atoms with Gasteiger partial charge in [0, 0.05) is 49.2 Å². The zero-order valence-corrected chi connectivity index (χ0v) is 19.9. The minimum absolute atomic E-state index is 0.0916. The Balaban J connectivity index is 1.36. The van der Waals surface area contributed by atoms with Gasteiger partial charge in [0.05, 0.1) is 22.0 Å².